The molecule has 4 fully saturated rings. The third-order valence-corrected chi connectivity index (χ3v) is 8.90. The van der Waals surface area contributed by atoms with Crippen molar-refractivity contribution in [3.05, 3.63) is 0 Å². The zero-order valence-corrected chi connectivity index (χ0v) is 15.9. The highest BCUT2D eigenvalue weighted by Crippen LogP contribution is 2.77. The van der Waals surface area contributed by atoms with Crippen LogP contribution >= 0.6 is 0 Å². The number of halogens is 1. The molecule has 3 nitrogen and oxygen atoms in total. The number of rotatable bonds is 4. The van der Waals surface area contributed by atoms with Crippen molar-refractivity contribution in [1.82, 2.24) is 0 Å². The summed E-state index contributed by atoms with van der Waals surface area (Å²) in [6, 6.07) is 0. The predicted molar refractivity (Wildman–Crippen MR) is 93.8 cm³/mol. The smallest absolute Gasteiger partial charge is 0.142 e. The van der Waals surface area contributed by atoms with Crippen molar-refractivity contribution >= 4 is 5.78 Å². The molecular weight excluding hydrogens is 319 g/mol. The number of hydrogen-bond acceptors (Lipinski definition) is 3. The van der Waals surface area contributed by atoms with E-state index in [9.17, 15) is 14.3 Å². The van der Waals surface area contributed by atoms with E-state index >= 15 is 0 Å². The molecule has 0 aromatic rings. The lowest BCUT2D eigenvalue weighted by molar-refractivity contribution is -0.160. The first kappa shape index (κ1) is 17.9. The summed E-state index contributed by atoms with van der Waals surface area (Å²) < 4.78 is 18.7. The second-order valence-electron chi connectivity index (χ2n) is 9.73. The maximum absolute atomic E-state index is 13.5. The second kappa shape index (κ2) is 5.76. The van der Waals surface area contributed by atoms with Gasteiger partial charge in [0.1, 0.15) is 5.78 Å². The second-order valence-corrected chi connectivity index (χ2v) is 9.73. The summed E-state index contributed by atoms with van der Waals surface area (Å²) in [5.74, 6) is 1.13. The Morgan fingerprint density at radius 1 is 1.28 bits per heavy atom. The van der Waals surface area contributed by atoms with Gasteiger partial charge in [0.2, 0.25) is 0 Å². The number of ether oxygens (including phenoxy) is 1. The number of methoxy groups -OCH3 is 1. The van der Waals surface area contributed by atoms with Crippen LogP contribution in [0.5, 0.6) is 0 Å². The summed E-state index contributed by atoms with van der Waals surface area (Å²) in [5, 5.41) is 11.3. The van der Waals surface area contributed by atoms with Crippen LogP contribution in [-0.4, -0.2) is 36.9 Å². The molecule has 4 aliphatic rings. The molecule has 0 aliphatic heterocycles. The van der Waals surface area contributed by atoms with Crippen molar-refractivity contribution in [2.45, 2.75) is 77.4 Å². The number of aliphatic hydroxyl groups excluding tert-OH is 1. The average Bonchev–Trinajstić information content (AvgIpc) is 3.24. The molecule has 2 unspecified atom stereocenters. The Balaban J connectivity index is 1.79. The number of carbonyl (C=O) groups excluding carboxylic acids is 1. The molecule has 4 saturated carbocycles. The Morgan fingerprint density at radius 2 is 2.00 bits per heavy atom. The van der Waals surface area contributed by atoms with Gasteiger partial charge in [0.05, 0.1) is 18.9 Å². The molecule has 0 aromatic carbocycles. The SMILES string of the molecule is CO[C@@H]1CCC23CC[C@H]4C[C@@]4(C12)[C@H](O)C[C@@](C)(CCCF)C(=O)[C@@H]3C. The zero-order valence-electron chi connectivity index (χ0n) is 15.9. The molecule has 1 spiro atoms. The van der Waals surface area contributed by atoms with Crippen LogP contribution in [0.25, 0.3) is 0 Å². The van der Waals surface area contributed by atoms with Crippen LogP contribution in [0, 0.1) is 34.0 Å². The van der Waals surface area contributed by atoms with E-state index < -0.39 is 11.5 Å². The minimum atomic E-state index is -0.592. The third kappa shape index (κ3) is 2.19. The van der Waals surface area contributed by atoms with Gasteiger partial charge >= 0.3 is 0 Å². The molecule has 4 rings (SSSR count). The van der Waals surface area contributed by atoms with Crippen LogP contribution in [-0.2, 0) is 9.53 Å². The Labute approximate surface area is 150 Å². The van der Waals surface area contributed by atoms with Crippen LogP contribution in [0.4, 0.5) is 4.39 Å². The molecule has 1 N–H and O–H groups in total. The number of aliphatic hydroxyl groups is 1. The van der Waals surface area contributed by atoms with Crippen molar-refractivity contribution in [3.63, 3.8) is 0 Å². The predicted octanol–water partition coefficient (Wildman–Crippen LogP) is 3.92. The van der Waals surface area contributed by atoms with Gasteiger partial charge in [-0.1, -0.05) is 13.8 Å². The summed E-state index contributed by atoms with van der Waals surface area (Å²) in [4.78, 5) is 13.5. The van der Waals surface area contributed by atoms with E-state index in [0.717, 1.165) is 32.1 Å². The Kier molecular flexibility index (Phi) is 4.12. The van der Waals surface area contributed by atoms with Crippen LogP contribution in [0.15, 0.2) is 0 Å². The highest BCUT2D eigenvalue weighted by atomic mass is 19.1. The van der Waals surface area contributed by atoms with Crippen molar-refractivity contribution in [2.75, 3.05) is 13.8 Å². The Hall–Kier alpha value is -0.480. The highest BCUT2D eigenvalue weighted by molar-refractivity contribution is 5.87. The van der Waals surface area contributed by atoms with E-state index in [4.69, 9.17) is 4.74 Å². The van der Waals surface area contributed by atoms with Gasteiger partial charge in [-0.15, -0.1) is 0 Å². The van der Waals surface area contributed by atoms with Gasteiger partial charge in [-0.2, -0.15) is 0 Å². The van der Waals surface area contributed by atoms with Crippen molar-refractivity contribution < 1.29 is 19.0 Å². The molecule has 142 valence electrons. The number of alkyl halides is 1. The van der Waals surface area contributed by atoms with Crippen molar-refractivity contribution in [3.8, 4) is 0 Å². The molecule has 4 aliphatic carbocycles. The average molecular weight is 352 g/mol. The topological polar surface area (TPSA) is 46.5 Å². The van der Waals surface area contributed by atoms with E-state index in [2.05, 4.69) is 6.92 Å². The first-order valence-electron chi connectivity index (χ1n) is 10.2. The number of Topliss-reactive ketones (excluding diaryl/α,β-unsaturated/α-hetero) is 1. The van der Waals surface area contributed by atoms with Gasteiger partial charge in [-0.05, 0) is 68.6 Å². The quantitative estimate of drug-likeness (QED) is 0.834. The Bertz CT molecular complexity index is 565. The summed E-state index contributed by atoms with van der Waals surface area (Å²) >= 11 is 0. The van der Waals surface area contributed by atoms with Crippen LogP contribution in [0.2, 0.25) is 0 Å². The summed E-state index contributed by atoms with van der Waals surface area (Å²) in [7, 11) is 1.79. The van der Waals surface area contributed by atoms with Crippen LogP contribution in [0.3, 0.4) is 0 Å². The van der Waals surface area contributed by atoms with E-state index in [-0.39, 0.29) is 35.3 Å². The number of carbonyl (C=O) groups is 1. The fraction of sp³-hybridized carbons (Fsp3) is 0.952. The summed E-state index contributed by atoms with van der Waals surface area (Å²) in [5.41, 5.74) is -0.671. The van der Waals surface area contributed by atoms with E-state index in [1.54, 1.807) is 7.11 Å². The molecular formula is C21H33FO3. The summed E-state index contributed by atoms with van der Waals surface area (Å²) in [6.07, 6.45) is 6.52. The zero-order chi connectivity index (χ0) is 18.0. The highest BCUT2D eigenvalue weighted by Gasteiger charge is 2.75. The molecule has 8 atom stereocenters. The lowest BCUT2D eigenvalue weighted by Crippen LogP contribution is -2.56. The molecule has 0 heterocycles. The molecule has 0 amide bonds. The van der Waals surface area contributed by atoms with E-state index in [1.165, 1.54) is 0 Å². The van der Waals surface area contributed by atoms with Crippen LogP contribution < -0.4 is 0 Å². The fourth-order valence-electron chi connectivity index (χ4n) is 7.58. The van der Waals surface area contributed by atoms with Gasteiger partial charge in [-0.25, -0.2) is 0 Å². The lowest BCUT2D eigenvalue weighted by Gasteiger charge is -2.54. The fourth-order valence-corrected chi connectivity index (χ4v) is 7.58. The van der Waals surface area contributed by atoms with Gasteiger partial charge < -0.3 is 9.84 Å². The largest absolute Gasteiger partial charge is 0.392 e. The number of ketones is 1. The minimum absolute atomic E-state index is 0.0202. The maximum Gasteiger partial charge on any atom is 0.142 e. The molecule has 4 heteroatoms. The molecule has 0 radical (unpaired) electrons. The first-order chi connectivity index (χ1) is 11.9. The van der Waals surface area contributed by atoms with Gasteiger partial charge in [0.15, 0.2) is 0 Å². The lowest BCUT2D eigenvalue weighted by atomic mass is 9.50. The Morgan fingerprint density at radius 3 is 2.68 bits per heavy atom. The molecule has 25 heavy (non-hydrogen) atoms. The summed E-state index contributed by atoms with van der Waals surface area (Å²) in [6.45, 7) is 3.71. The molecule has 0 saturated heterocycles. The van der Waals surface area contributed by atoms with Gasteiger partial charge in [0, 0.05) is 23.9 Å². The normalized spacial score (nSPS) is 54.4. The molecule has 2 bridgehead atoms. The van der Waals surface area contributed by atoms with Crippen molar-refractivity contribution in [1.29, 1.82) is 0 Å². The monoisotopic (exact) mass is 352 g/mol. The van der Waals surface area contributed by atoms with Crippen LogP contribution in [0.1, 0.15) is 65.2 Å². The number of hydrogen-bond donors (Lipinski definition) is 1. The standard InChI is InChI=1S/C21H33FO3/c1-13-18(24)19(2,7-4-10-22)12-16(23)21-11-14(21)5-8-20(13)9-6-15(25-3)17(20)21/h13-17,23H,4-12H2,1-3H3/t13-,14-,15+,16+,17?,19+,20?,21-/m0/s1. The first-order valence-corrected chi connectivity index (χ1v) is 10.2. The van der Waals surface area contributed by atoms with E-state index in [0.29, 0.717) is 31.1 Å². The van der Waals surface area contributed by atoms with E-state index in [1.807, 2.05) is 6.92 Å². The molecule has 0 aromatic heterocycles. The van der Waals surface area contributed by atoms with Gasteiger partial charge in [-0.3, -0.25) is 9.18 Å². The van der Waals surface area contributed by atoms with Gasteiger partial charge in [0.25, 0.3) is 0 Å². The van der Waals surface area contributed by atoms with Crippen molar-refractivity contribution in [2.24, 2.45) is 34.0 Å². The third-order valence-electron chi connectivity index (χ3n) is 8.90. The maximum atomic E-state index is 13.5. The minimum Gasteiger partial charge on any atom is -0.392 e.